The highest BCUT2D eigenvalue weighted by Crippen LogP contribution is 2.63. The quantitative estimate of drug-likeness (QED) is 0.293. The van der Waals surface area contributed by atoms with Crippen molar-refractivity contribution in [1.29, 1.82) is 0 Å². The Morgan fingerprint density at radius 3 is 2.43 bits per heavy atom. The van der Waals surface area contributed by atoms with Gasteiger partial charge in [0, 0.05) is 17.3 Å². The SMILES string of the molecule is CC1(C)[C@H]2CCC3=C[C@@](C)([C@@H](O)CO[C@@H]4O[C@H](CO)[C@@H](O)[C@H](O)[C@H]4O)CC[C@H]3[C@]2(C)CC(=O)[C@@H]1O. The van der Waals surface area contributed by atoms with Crippen molar-refractivity contribution in [2.75, 3.05) is 13.2 Å². The Kier molecular flexibility index (Phi) is 7.32. The average molecular weight is 499 g/mol. The number of rotatable bonds is 5. The molecule has 6 N–H and O–H groups in total. The first kappa shape index (κ1) is 27.1. The van der Waals surface area contributed by atoms with Gasteiger partial charge in [0.25, 0.3) is 0 Å². The lowest BCUT2D eigenvalue weighted by atomic mass is 9.44. The summed E-state index contributed by atoms with van der Waals surface area (Å²) in [7, 11) is 0. The van der Waals surface area contributed by atoms with Crippen LogP contribution in [0.25, 0.3) is 0 Å². The summed E-state index contributed by atoms with van der Waals surface area (Å²) >= 11 is 0. The summed E-state index contributed by atoms with van der Waals surface area (Å²) in [4.78, 5) is 12.7. The third-order valence-corrected chi connectivity index (χ3v) is 9.74. The fourth-order valence-corrected chi connectivity index (χ4v) is 7.51. The second-order valence-corrected chi connectivity index (χ2v) is 12.3. The van der Waals surface area contributed by atoms with Gasteiger partial charge in [0.1, 0.15) is 30.5 Å². The summed E-state index contributed by atoms with van der Waals surface area (Å²) in [6, 6.07) is 0. The largest absolute Gasteiger partial charge is 0.394 e. The third-order valence-electron chi connectivity index (χ3n) is 9.74. The molecule has 0 unspecified atom stereocenters. The smallest absolute Gasteiger partial charge is 0.186 e. The standard InChI is InChI=1S/C26H42O9/c1-24(2)17-6-5-13-9-25(3,8-7-14(13)26(17,4)10-15(28)22(24)33)18(29)12-34-23-21(32)20(31)19(30)16(11-27)35-23/h9,14,16-23,27,29-33H,5-8,10-12H2,1-4H3/t14-,16-,17-,18+,19-,20+,21-,22+,23-,25+,26+/m1/s1. The summed E-state index contributed by atoms with van der Waals surface area (Å²) in [5.41, 5.74) is -0.0565. The van der Waals surface area contributed by atoms with E-state index in [2.05, 4.69) is 13.0 Å². The maximum atomic E-state index is 12.7. The van der Waals surface area contributed by atoms with Crippen LogP contribution < -0.4 is 0 Å². The monoisotopic (exact) mass is 498 g/mol. The van der Waals surface area contributed by atoms with Crippen LogP contribution in [0.1, 0.15) is 59.8 Å². The summed E-state index contributed by atoms with van der Waals surface area (Å²) < 4.78 is 11.0. The number of ether oxygens (including phenoxy) is 2. The van der Waals surface area contributed by atoms with Crippen LogP contribution in [0.2, 0.25) is 0 Å². The van der Waals surface area contributed by atoms with E-state index in [9.17, 15) is 35.4 Å². The summed E-state index contributed by atoms with van der Waals surface area (Å²) in [6.45, 7) is 7.44. The number of Topliss-reactive ketones (excluding diaryl/α,β-unsaturated/α-hetero) is 1. The lowest BCUT2D eigenvalue weighted by Gasteiger charge is -2.60. The molecule has 9 heteroatoms. The van der Waals surface area contributed by atoms with E-state index in [1.54, 1.807) is 0 Å². The molecule has 0 radical (unpaired) electrons. The molecule has 0 aromatic heterocycles. The number of carbonyl (C=O) groups excluding carboxylic acids is 1. The van der Waals surface area contributed by atoms with E-state index in [1.807, 2.05) is 20.8 Å². The fourth-order valence-electron chi connectivity index (χ4n) is 7.51. The first-order valence-corrected chi connectivity index (χ1v) is 12.8. The highest BCUT2D eigenvalue weighted by atomic mass is 16.7. The number of fused-ring (bicyclic) bond motifs is 3. The molecule has 4 rings (SSSR count). The second-order valence-electron chi connectivity index (χ2n) is 12.3. The molecule has 0 aromatic rings. The van der Waals surface area contributed by atoms with Gasteiger partial charge < -0.3 is 40.1 Å². The zero-order chi connectivity index (χ0) is 25.9. The van der Waals surface area contributed by atoms with Crippen LogP contribution >= 0.6 is 0 Å². The summed E-state index contributed by atoms with van der Waals surface area (Å²) in [5, 5.41) is 61.1. The summed E-state index contributed by atoms with van der Waals surface area (Å²) in [5.74, 6) is 0.355. The predicted octanol–water partition coefficient (Wildman–Crippen LogP) is 0.283. The van der Waals surface area contributed by atoms with Crippen LogP contribution in [0.4, 0.5) is 0 Å². The number of hydrogen-bond donors (Lipinski definition) is 6. The van der Waals surface area contributed by atoms with Crippen molar-refractivity contribution in [3.8, 4) is 0 Å². The van der Waals surface area contributed by atoms with E-state index in [0.717, 1.165) is 19.3 Å². The molecule has 1 aliphatic heterocycles. The van der Waals surface area contributed by atoms with E-state index in [-0.39, 0.29) is 29.6 Å². The van der Waals surface area contributed by atoms with Gasteiger partial charge in [-0.05, 0) is 42.9 Å². The first-order valence-electron chi connectivity index (χ1n) is 12.8. The summed E-state index contributed by atoms with van der Waals surface area (Å²) in [6.07, 6.45) is -3.00. The molecule has 200 valence electrons. The van der Waals surface area contributed by atoms with Crippen molar-refractivity contribution in [3.63, 3.8) is 0 Å². The van der Waals surface area contributed by atoms with E-state index in [1.165, 1.54) is 5.57 Å². The number of aliphatic hydroxyl groups is 6. The maximum absolute atomic E-state index is 12.7. The third kappa shape index (κ3) is 4.42. The molecule has 11 atom stereocenters. The van der Waals surface area contributed by atoms with Gasteiger partial charge in [-0.1, -0.05) is 39.3 Å². The Morgan fingerprint density at radius 2 is 1.77 bits per heavy atom. The lowest BCUT2D eigenvalue weighted by molar-refractivity contribution is -0.306. The van der Waals surface area contributed by atoms with Gasteiger partial charge in [-0.2, -0.15) is 0 Å². The zero-order valence-electron chi connectivity index (χ0n) is 21.1. The minimum atomic E-state index is -1.53. The van der Waals surface area contributed by atoms with Crippen LogP contribution in [0.15, 0.2) is 11.6 Å². The topological polar surface area (TPSA) is 157 Å². The lowest BCUT2D eigenvalue weighted by Crippen LogP contribution is -2.60. The van der Waals surface area contributed by atoms with Crippen molar-refractivity contribution < 1.29 is 44.9 Å². The van der Waals surface area contributed by atoms with Crippen molar-refractivity contribution in [2.24, 2.45) is 28.1 Å². The second kappa shape index (κ2) is 9.44. The Hall–Kier alpha value is -0.910. The van der Waals surface area contributed by atoms with Gasteiger partial charge in [0.2, 0.25) is 0 Å². The molecule has 0 aromatic carbocycles. The minimum absolute atomic E-state index is 0.0868. The Balaban J connectivity index is 1.47. The molecule has 0 spiro atoms. The van der Waals surface area contributed by atoms with Gasteiger partial charge in [-0.25, -0.2) is 0 Å². The average Bonchev–Trinajstić information content (AvgIpc) is 2.80. The van der Waals surface area contributed by atoms with Crippen LogP contribution in [0.3, 0.4) is 0 Å². The number of ketones is 1. The van der Waals surface area contributed by atoms with E-state index < -0.39 is 60.4 Å². The van der Waals surface area contributed by atoms with E-state index in [4.69, 9.17) is 9.47 Å². The number of allylic oxidation sites excluding steroid dienone is 1. The molecular weight excluding hydrogens is 456 g/mol. The zero-order valence-corrected chi connectivity index (χ0v) is 21.1. The predicted molar refractivity (Wildman–Crippen MR) is 125 cm³/mol. The molecule has 9 nitrogen and oxygen atoms in total. The Morgan fingerprint density at radius 1 is 1.09 bits per heavy atom. The number of carbonyl (C=O) groups is 1. The minimum Gasteiger partial charge on any atom is -0.394 e. The van der Waals surface area contributed by atoms with Gasteiger partial charge >= 0.3 is 0 Å². The fraction of sp³-hybridized carbons (Fsp3) is 0.885. The molecule has 0 amide bonds. The van der Waals surface area contributed by atoms with Crippen molar-refractivity contribution in [1.82, 2.24) is 0 Å². The van der Waals surface area contributed by atoms with E-state index >= 15 is 0 Å². The van der Waals surface area contributed by atoms with E-state index in [0.29, 0.717) is 12.8 Å². The number of hydrogen-bond acceptors (Lipinski definition) is 9. The molecule has 1 heterocycles. The van der Waals surface area contributed by atoms with Crippen molar-refractivity contribution in [3.05, 3.63) is 11.6 Å². The van der Waals surface area contributed by atoms with Crippen LogP contribution in [-0.2, 0) is 14.3 Å². The van der Waals surface area contributed by atoms with Crippen molar-refractivity contribution >= 4 is 5.78 Å². The number of aliphatic hydroxyl groups excluding tert-OH is 6. The molecule has 35 heavy (non-hydrogen) atoms. The molecular formula is C26H42O9. The molecule has 2 saturated carbocycles. The Bertz CT molecular complexity index is 841. The Labute approximate surface area is 206 Å². The van der Waals surface area contributed by atoms with Gasteiger partial charge in [-0.15, -0.1) is 0 Å². The van der Waals surface area contributed by atoms with Crippen LogP contribution in [0, 0.1) is 28.1 Å². The van der Waals surface area contributed by atoms with Gasteiger partial charge in [0.15, 0.2) is 12.1 Å². The highest BCUT2D eigenvalue weighted by Gasteiger charge is 2.60. The first-order chi connectivity index (χ1) is 16.3. The molecule has 3 fully saturated rings. The van der Waals surface area contributed by atoms with Crippen LogP contribution in [-0.4, -0.2) is 92.5 Å². The van der Waals surface area contributed by atoms with Gasteiger partial charge in [-0.3, -0.25) is 4.79 Å². The molecule has 3 aliphatic carbocycles. The van der Waals surface area contributed by atoms with Gasteiger partial charge in [0.05, 0.1) is 19.3 Å². The molecule has 4 aliphatic rings. The molecule has 1 saturated heterocycles. The normalized spacial score (nSPS) is 48.5. The van der Waals surface area contributed by atoms with Crippen LogP contribution in [0.5, 0.6) is 0 Å². The highest BCUT2D eigenvalue weighted by molar-refractivity contribution is 5.85. The maximum Gasteiger partial charge on any atom is 0.186 e. The van der Waals surface area contributed by atoms with Crippen molar-refractivity contribution in [2.45, 2.75) is 103 Å². The molecule has 0 bridgehead atoms.